The van der Waals surface area contributed by atoms with Crippen LogP contribution in [0.4, 0.5) is 4.39 Å². The second-order valence-electron chi connectivity index (χ2n) is 3.53. The molecule has 3 nitrogen and oxygen atoms in total. The number of benzene rings is 1. The molecule has 3 N–H and O–H groups in total. The molecule has 0 amide bonds. The second kappa shape index (κ2) is 5.22. The minimum Gasteiger partial charge on any atom is -0.271 e. The number of nitrogens with two attached hydrogens (primary N) is 1. The number of hydrogen-bond acceptors (Lipinski definition) is 4. The van der Waals surface area contributed by atoms with Gasteiger partial charge < -0.3 is 0 Å². The molecule has 1 atom stereocenters. The Kier molecular flexibility index (Phi) is 3.88. The Morgan fingerprint density at radius 3 is 2.88 bits per heavy atom. The molecule has 0 bridgehead atoms. The molecule has 1 heterocycles. The van der Waals surface area contributed by atoms with Crippen LogP contribution in [0.1, 0.15) is 22.3 Å². The molecule has 2 rings (SSSR count). The summed E-state index contributed by atoms with van der Waals surface area (Å²) in [4.78, 5) is 4.32. The van der Waals surface area contributed by atoms with Gasteiger partial charge in [0.1, 0.15) is 5.82 Å². The van der Waals surface area contributed by atoms with Gasteiger partial charge in [-0.3, -0.25) is 5.84 Å². The fourth-order valence-corrected chi connectivity index (χ4v) is 2.61. The molecule has 1 aromatic carbocycles. The maximum Gasteiger partial charge on any atom is 0.142 e. The van der Waals surface area contributed by atoms with E-state index in [-0.39, 0.29) is 5.82 Å². The number of nitrogens with zero attached hydrogens (tertiary/aromatic N) is 1. The van der Waals surface area contributed by atoms with E-state index >= 15 is 0 Å². The summed E-state index contributed by atoms with van der Waals surface area (Å²) in [5.74, 6) is 5.18. The Balaban J connectivity index is 2.45. The summed E-state index contributed by atoms with van der Waals surface area (Å²) in [6, 6.07) is 4.68. The van der Waals surface area contributed by atoms with Crippen LogP contribution < -0.4 is 11.3 Å². The maximum absolute atomic E-state index is 14.0. The Hall–Kier alpha value is -0.820. The van der Waals surface area contributed by atoms with Crippen molar-refractivity contribution in [3.8, 4) is 0 Å². The average molecular weight is 316 g/mol. The maximum atomic E-state index is 14.0. The topological polar surface area (TPSA) is 50.9 Å². The van der Waals surface area contributed by atoms with Crippen molar-refractivity contribution in [2.75, 3.05) is 0 Å². The Morgan fingerprint density at radius 2 is 2.29 bits per heavy atom. The van der Waals surface area contributed by atoms with E-state index in [0.29, 0.717) is 10.0 Å². The fourth-order valence-electron chi connectivity index (χ4n) is 1.59. The number of hydrazine groups is 1. The zero-order chi connectivity index (χ0) is 12.4. The highest BCUT2D eigenvalue weighted by Crippen LogP contribution is 2.28. The van der Waals surface area contributed by atoms with E-state index in [1.165, 1.54) is 11.3 Å². The van der Waals surface area contributed by atoms with Crippen LogP contribution in [0.25, 0.3) is 0 Å². The summed E-state index contributed by atoms with van der Waals surface area (Å²) in [5, 5.41) is 2.80. The highest BCUT2D eigenvalue weighted by atomic mass is 79.9. The molecule has 0 aliphatic rings. The Labute approximate surface area is 111 Å². The van der Waals surface area contributed by atoms with Crippen LogP contribution in [-0.2, 0) is 0 Å². The van der Waals surface area contributed by atoms with Gasteiger partial charge in [-0.05, 0) is 28.9 Å². The normalized spacial score (nSPS) is 12.7. The summed E-state index contributed by atoms with van der Waals surface area (Å²) < 4.78 is 14.4. The molecule has 2 aromatic rings. The van der Waals surface area contributed by atoms with Crippen molar-refractivity contribution in [2.45, 2.75) is 13.0 Å². The summed E-state index contributed by atoms with van der Waals surface area (Å²) in [7, 11) is 0. The predicted octanol–water partition coefficient (Wildman–Crippen LogP) is 2.91. The summed E-state index contributed by atoms with van der Waals surface area (Å²) >= 11 is 4.67. The molecule has 1 unspecified atom stereocenters. The lowest BCUT2D eigenvalue weighted by molar-refractivity contribution is 0.550. The smallest absolute Gasteiger partial charge is 0.142 e. The third-order valence-corrected chi connectivity index (χ3v) is 3.80. The van der Waals surface area contributed by atoms with Crippen LogP contribution in [0.5, 0.6) is 0 Å². The molecule has 0 aliphatic heterocycles. The van der Waals surface area contributed by atoms with E-state index in [0.717, 1.165) is 10.7 Å². The standard InChI is InChI=1S/C11H11BrFN3S/c1-6-15-9(5-17-6)11(16-14)7-3-2-4-8(12)10(7)13/h2-5,11,16H,14H2,1H3. The fraction of sp³-hybridized carbons (Fsp3) is 0.182. The van der Waals surface area contributed by atoms with Gasteiger partial charge in [0.2, 0.25) is 0 Å². The van der Waals surface area contributed by atoms with Crippen LogP contribution in [0.15, 0.2) is 28.1 Å². The van der Waals surface area contributed by atoms with E-state index < -0.39 is 6.04 Å². The lowest BCUT2D eigenvalue weighted by Crippen LogP contribution is -2.29. The molecule has 0 aliphatic carbocycles. The zero-order valence-electron chi connectivity index (χ0n) is 9.08. The number of halogens is 2. The van der Waals surface area contributed by atoms with Crippen LogP contribution in [0, 0.1) is 12.7 Å². The van der Waals surface area contributed by atoms with E-state index in [2.05, 4.69) is 26.3 Å². The second-order valence-corrected chi connectivity index (χ2v) is 5.45. The molecular weight excluding hydrogens is 305 g/mol. The monoisotopic (exact) mass is 315 g/mol. The number of thiazole rings is 1. The highest BCUT2D eigenvalue weighted by molar-refractivity contribution is 9.10. The van der Waals surface area contributed by atoms with E-state index in [4.69, 9.17) is 5.84 Å². The first-order chi connectivity index (χ1) is 8.13. The Morgan fingerprint density at radius 1 is 1.53 bits per heavy atom. The molecule has 17 heavy (non-hydrogen) atoms. The largest absolute Gasteiger partial charge is 0.271 e. The number of nitrogens with one attached hydrogen (secondary N) is 1. The van der Waals surface area contributed by atoms with Gasteiger partial charge in [0.15, 0.2) is 0 Å². The van der Waals surface area contributed by atoms with E-state index in [1.807, 2.05) is 12.3 Å². The van der Waals surface area contributed by atoms with Crippen molar-refractivity contribution < 1.29 is 4.39 Å². The Bertz CT molecular complexity index is 529. The van der Waals surface area contributed by atoms with Gasteiger partial charge >= 0.3 is 0 Å². The van der Waals surface area contributed by atoms with Crippen LogP contribution in [0.3, 0.4) is 0 Å². The van der Waals surface area contributed by atoms with Crippen molar-refractivity contribution in [1.82, 2.24) is 10.4 Å². The number of aromatic nitrogens is 1. The molecule has 0 fully saturated rings. The number of aryl methyl sites for hydroxylation is 1. The van der Waals surface area contributed by atoms with Gasteiger partial charge in [-0.15, -0.1) is 11.3 Å². The van der Waals surface area contributed by atoms with Gasteiger partial charge in [-0.1, -0.05) is 12.1 Å². The first-order valence-electron chi connectivity index (χ1n) is 4.95. The molecule has 6 heteroatoms. The minimum atomic E-state index is -0.433. The van der Waals surface area contributed by atoms with Crippen molar-refractivity contribution in [3.63, 3.8) is 0 Å². The third kappa shape index (κ3) is 2.55. The quantitative estimate of drug-likeness (QED) is 0.676. The summed E-state index contributed by atoms with van der Waals surface area (Å²) in [6.07, 6.45) is 0. The van der Waals surface area contributed by atoms with Crippen LogP contribution in [-0.4, -0.2) is 4.98 Å². The highest BCUT2D eigenvalue weighted by Gasteiger charge is 2.20. The first-order valence-corrected chi connectivity index (χ1v) is 6.63. The van der Waals surface area contributed by atoms with Gasteiger partial charge in [-0.25, -0.2) is 14.8 Å². The molecule has 90 valence electrons. The van der Waals surface area contributed by atoms with Gasteiger partial charge in [-0.2, -0.15) is 0 Å². The lowest BCUT2D eigenvalue weighted by atomic mass is 10.0. The van der Waals surface area contributed by atoms with Gasteiger partial charge in [0, 0.05) is 10.9 Å². The van der Waals surface area contributed by atoms with Gasteiger partial charge in [0.05, 0.1) is 21.2 Å². The molecule has 0 spiro atoms. The molecule has 0 radical (unpaired) electrons. The van der Waals surface area contributed by atoms with E-state index in [9.17, 15) is 4.39 Å². The van der Waals surface area contributed by atoms with Crippen molar-refractivity contribution in [3.05, 3.63) is 50.1 Å². The minimum absolute atomic E-state index is 0.318. The first kappa shape index (κ1) is 12.6. The van der Waals surface area contributed by atoms with E-state index in [1.54, 1.807) is 18.2 Å². The number of rotatable bonds is 3. The van der Waals surface area contributed by atoms with Crippen LogP contribution in [0.2, 0.25) is 0 Å². The average Bonchev–Trinajstić information content (AvgIpc) is 2.72. The molecule has 0 saturated heterocycles. The van der Waals surface area contributed by atoms with Crippen LogP contribution >= 0.6 is 27.3 Å². The van der Waals surface area contributed by atoms with Crippen molar-refractivity contribution in [1.29, 1.82) is 0 Å². The van der Waals surface area contributed by atoms with Gasteiger partial charge in [0.25, 0.3) is 0 Å². The molecular formula is C11H11BrFN3S. The van der Waals surface area contributed by atoms with Crippen molar-refractivity contribution in [2.24, 2.45) is 5.84 Å². The summed E-state index contributed by atoms with van der Waals surface area (Å²) in [6.45, 7) is 1.90. The molecule has 1 aromatic heterocycles. The predicted molar refractivity (Wildman–Crippen MR) is 70.1 cm³/mol. The van der Waals surface area contributed by atoms with Crippen molar-refractivity contribution >= 4 is 27.3 Å². The summed E-state index contributed by atoms with van der Waals surface area (Å²) in [5.41, 5.74) is 3.81. The number of hydrogen-bond donors (Lipinski definition) is 2. The molecule has 0 saturated carbocycles. The SMILES string of the molecule is Cc1nc(C(NN)c2cccc(Br)c2F)cs1. The third-order valence-electron chi connectivity index (χ3n) is 2.39. The lowest BCUT2D eigenvalue weighted by Gasteiger charge is -2.15. The zero-order valence-corrected chi connectivity index (χ0v) is 11.5.